The quantitative estimate of drug-likeness (QED) is 0.786. The number of hydrogen-bond donors (Lipinski definition) is 1. The lowest BCUT2D eigenvalue weighted by Crippen LogP contribution is -2.42. The molecule has 2 fully saturated rings. The van der Waals surface area contributed by atoms with Gasteiger partial charge >= 0.3 is 0 Å². The van der Waals surface area contributed by atoms with Gasteiger partial charge in [-0.15, -0.1) is 0 Å². The lowest BCUT2D eigenvalue weighted by molar-refractivity contribution is 0.170. The second-order valence-electron chi connectivity index (χ2n) is 6.79. The summed E-state index contributed by atoms with van der Waals surface area (Å²) in [6.07, 6.45) is 14.3. The molecule has 112 valence electrons. The maximum Gasteiger partial charge on any atom is 0.0104 e. The SMILES string of the molecule is CCC(NCCC1CCCCN1C)C1CCCCC1. The minimum absolute atomic E-state index is 0.786. The van der Waals surface area contributed by atoms with Gasteiger partial charge in [0.05, 0.1) is 0 Å². The summed E-state index contributed by atoms with van der Waals surface area (Å²) in [4.78, 5) is 2.58. The Bertz CT molecular complexity index is 235. The van der Waals surface area contributed by atoms with E-state index in [0.717, 1.165) is 18.0 Å². The van der Waals surface area contributed by atoms with Crippen LogP contribution in [0.4, 0.5) is 0 Å². The topological polar surface area (TPSA) is 15.3 Å². The molecule has 1 aliphatic heterocycles. The summed E-state index contributed by atoms with van der Waals surface area (Å²) in [5, 5.41) is 3.88. The molecule has 19 heavy (non-hydrogen) atoms. The molecular weight excluding hydrogens is 232 g/mol. The normalized spacial score (nSPS) is 28.4. The summed E-state index contributed by atoms with van der Waals surface area (Å²) in [7, 11) is 2.31. The van der Waals surface area contributed by atoms with E-state index >= 15 is 0 Å². The summed E-state index contributed by atoms with van der Waals surface area (Å²) >= 11 is 0. The van der Waals surface area contributed by atoms with Crippen LogP contribution >= 0.6 is 0 Å². The summed E-state index contributed by atoms with van der Waals surface area (Å²) in [6, 6.07) is 1.62. The van der Waals surface area contributed by atoms with Crippen LogP contribution in [0.1, 0.15) is 71.1 Å². The molecular formula is C17H34N2. The van der Waals surface area contributed by atoms with Crippen molar-refractivity contribution >= 4 is 0 Å². The first-order chi connectivity index (χ1) is 9.31. The molecule has 2 unspecified atom stereocenters. The fourth-order valence-electron chi connectivity index (χ4n) is 4.13. The first kappa shape index (κ1) is 15.3. The minimum atomic E-state index is 0.786. The van der Waals surface area contributed by atoms with Crippen LogP contribution in [0.5, 0.6) is 0 Å². The molecule has 1 heterocycles. The molecule has 0 aromatic heterocycles. The molecule has 1 saturated carbocycles. The van der Waals surface area contributed by atoms with E-state index in [-0.39, 0.29) is 0 Å². The van der Waals surface area contributed by atoms with Crippen LogP contribution in [-0.2, 0) is 0 Å². The van der Waals surface area contributed by atoms with Crippen LogP contribution in [0.25, 0.3) is 0 Å². The van der Waals surface area contributed by atoms with E-state index in [0.29, 0.717) is 0 Å². The Balaban J connectivity index is 1.67. The molecule has 1 N–H and O–H groups in total. The van der Waals surface area contributed by atoms with Crippen LogP contribution in [0.2, 0.25) is 0 Å². The average Bonchev–Trinajstić information content (AvgIpc) is 2.46. The molecule has 0 radical (unpaired) electrons. The van der Waals surface area contributed by atoms with Crippen LogP contribution < -0.4 is 5.32 Å². The molecule has 0 bridgehead atoms. The summed E-state index contributed by atoms with van der Waals surface area (Å²) < 4.78 is 0. The number of likely N-dealkylation sites (tertiary alicyclic amines) is 1. The molecule has 2 heteroatoms. The van der Waals surface area contributed by atoms with Crippen LogP contribution in [0.3, 0.4) is 0 Å². The lowest BCUT2D eigenvalue weighted by atomic mass is 9.83. The van der Waals surface area contributed by atoms with Crippen molar-refractivity contribution in [2.75, 3.05) is 20.1 Å². The zero-order valence-electron chi connectivity index (χ0n) is 13.2. The molecule has 2 rings (SSSR count). The Morgan fingerprint density at radius 1 is 1.05 bits per heavy atom. The van der Waals surface area contributed by atoms with Gasteiger partial charge in [-0.1, -0.05) is 32.6 Å². The third kappa shape index (κ3) is 4.75. The van der Waals surface area contributed by atoms with E-state index in [2.05, 4.69) is 24.2 Å². The van der Waals surface area contributed by atoms with Crippen molar-refractivity contribution in [1.82, 2.24) is 10.2 Å². The highest BCUT2D eigenvalue weighted by atomic mass is 15.1. The van der Waals surface area contributed by atoms with Crippen molar-refractivity contribution in [2.45, 2.75) is 83.2 Å². The van der Waals surface area contributed by atoms with Crippen molar-refractivity contribution in [1.29, 1.82) is 0 Å². The van der Waals surface area contributed by atoms with E-state index in [9.17, 15) is 0 Å². The van der Waals surface area contributed by atoms with E-state index < -0.39 is 0 Å². The van der Waals surface area contributed by atoms with E-state index in [1.165, 1.54) is 77.3 Å². The Hall–Kier alpha value is -0.0800. The Morgan fingerprint density at radius 2 is 1.79 bits per heavy atom. The monoisotopic (exact) mass is 266 g/mol. The van der Waals surface area contributed by atoms with Crippen molar-refractivity contribution < 1.29 is 0 Å². The zero-order valence-corrected chi connectivity index (χ0v) is 13.2. The molecule has 0 aromatic rings. The van der Waals surface area contributed by atoms with Crippen molar-refractivity contribution in [3.8, 4) is 0 Å². The molecule has 2 nitrogen and oxygen atoms in total. The van der Waals surface area contributed by atoms with Gasteiger partial charge in [-0.3, -0.25) is 0 Å². The van der Waals surface area contributed by atoms with Crippen LogP contribution in [0, 0.1) is 5.92 Å². The zero-order chi connectivity index (χ0) is 13.5. The predicted octanol–water partition coefficient (Wildman–Crippen LogP) is 3.81. The first-order valence-electron chi connectivity index (χ1n) is 8.75. The Morgan fingerprint density at radius 3 is 2.47 bits per heavy atom. The van der Waals surface area contributed by atoms with Gasteiger partial charge in [-0.2, -0.15) is 0 Å². The van der Waals surface area contributed by atoms with Gasteiger partial charge in [0.2, 0.25) is 0 Å². The number of nitrogens with zero attached hydrogens (tertiary/aromatic N) is 1. The van der Waals surface area contributed by atoms with Crippen molar-refractivity contribution in [2.24, 2.45) is 5.92 Å². The van der Waals surface area contributed by atoms with Gasteiger partial charge < -0.3 is 10.2 Å². The third-order valence-corrected chi connectivity index (χ3v) is 5.46. The molecule has 1 aliphatic carbocycles. The first-order valence-corrected chi connectivity index (χ1v) is 8.75. The lowest BCUT2D eigenvalue weighted by Gasteiger charge is -2.34. The molecule has 0 amide bonds. The fraction of sp³-hybridized carbons (Fsp3) is 1.00. The van der Waals surface area contributed by atoms with E-state index in [1.807, 2.05) is 0 Å². The number of nitrogens with one attached hydrogen (secondary N) is 1. The van der Waals surface area contributed by atoms with Gasteiger partial charge in [0, 0.05) is 12.1 Å². The van der Waals surface area contributed by atoms with Crippen molar-refractivity contribution in [3.63, 3.8) is 0 Å². The highest BCUT2D eigenvalue weighted by Gasteiger charge is 2.23. The van der Waals surface area contributed by atoms with E-state index in [1.54, 1.807) is 0 Å². The summed E-state index contributed by atoms with van der Waals surface area (Å²) in [5.74, 6) is 0.961. The maximum absolute atomic E-state index is 3.88. The largest absolute Gasteiger partial charge is 0.314 e. The van der Waals surface area contributed by atoms with Gasteiger partial charge in [-0.25, -0.2) is 0 Å². The van der Waals surface area contributed by atoms with Gasteiger partial charge in [-0.05, 0) is 64.6 Å². The number of hydrogen-bond acceptors (Lipinski definition) is 2. The van der Waals surface area contributed by atoms with Crippen LogP contribution in [-0.4, -0.2) is 37.1 Å². The Kier molecular flexibility index (Phi) is 6.66. The summed E-state index contributed by atoms with van der Waals surface area (Å²) in [5.41, 5.74) is 0. The fourth-order valence-corrected chi connectivity index (χ4v) is 4.13. The Labute approximate surface area is 120 Å². The molecule has 0 aromatic carbocycles. The second kappa shape index (κ2) is 8.26. The third-order valence-electron chi connectivity index (χ3n) is 5.46. The molecule has 1 saturated heterocycles. The van der Waals surface area contributed by atoms with Crippen molar-refractivity contribution in [3.05, 3.63) is 0 Å². The number of rotatable bonds is 6. The predicted molar refractivity (Wildman–Crippen MR) is 83.5 cm³/mol. The smallest absolute Gasteiger partial charge is 0.0104 e. The highest BCUT2D eigenvalue weighted by molar-refractivity contribution is 4.80. The molecule has 2 atom stereocenters. The van der Waals surface area contributed by atoms with Gasteiger partial charge in [0.25, 0.3) is 0 Å². The van der Waals surface area contributed by atoms with E-state index in [4.69, 9.17) is 0 Å². The van der Waals surface area contributed by atoms with Crippen LogP contribution in [0.15, 0.2) is 0 Å². The molecule has 0 spiro atoms. The highest BCUT2D eigenvalue weighted by Crippen LogP contribution is 2.27. The second-order valence-corrected chi connectivity index (χ2v) is 6.79. The standard InChI is InChI=1S/C17H34N2/c1-3-17(15-9-5-4-6-10-15)18-13-12-16-11-7-8-14-19(16)2/h15-18H,3-14H2,1-2H3. The molecule has 2 aliphatic rings. The average molecular weight is 266 g/mol. The number of piperidine rings is 1. The van der Waals surface area contributed by atoms with Gasteiger partial charge in [0.1, 0.15) is 0 Å². The maximum atomic E-state index is 3.88. The summed E-state index contributed by atoms with van der Waals surface area (Å²) in [6.45, 7) is 4.90. The van der Waals surface area contributed by atoms with Gasteiger partial charge in [0.15, 0.2) is 0 Å². The minimum Gasteiger partial charge on any atom is -0.314 e.